The Hall–Kier alpha value is -2.18. The first-order valence-electron chi connectivity index (χ1n) is 9.54. The third kappa shape index (κ3) is 6.48. The van der Waals surface area contributed by atoms with Crippen molar-refractivity contribution in [1.82, 2.24) is 15.1 Å². The molecule has 1 aromatic heterocycles. The van der Waals surface area contributed by atoms with Crippen LogP contribution in [0.4, 0.5) is 0 Å². The number of aryl methyl sites for hydroxylation is 1. The van der Waals surface area contributed by atoms with Gasteiger partial charge in [-0.05, 0) is 29.9 Å². The quantitative estimate of drug-likeness (QED) is 0.760. The van der Waals surface area contributed by atoms with E-state index in [1.807, 2.05) is 35.2 Å². The lowest BCUT2D eigenvalue weighted by molar-refractivity contribution is -0.133. The van der Waals surface area contributed by atoms with E-state index in [9.17, 15) is 9.59 Å². The van der Waals surface area contributed by atoms with Crippen LogP contribution < -0.4 is 5.32 Å². The molecule has 1 aliphatic heterocycles. The predicted octanol–water partition coefficient (Wildman–Crippen LogP) is 2.53. The molecule has 0 atom stereocenters. The minimum absolute atomic E-state index is 0.0366. The fourth-order valence-electron chi connectivity index (χ4n) is 3.24. The fourth-order valence-corrected chi connectivity index (χ4v) is 3.99. The van der Waals surface area contributed by atoms with Gasteiger partial charge in [0.05, 0.1) is 6.54 Å². The van der Waals surface area contributed by atoms with Crippen molar-refractivity contribution >= 4 is 23.2 Å². The van der Waals surface area contributed by atoms with Crippen LogP contribution in [0.3, 0.4) is 0 Å². The molecular formula is C21H27N3O2S. The van der Waals surface area contributed by atoms with E-state index in [0.29, 0.717) is 32.6 Å². The number of amides is 2. The molecule has 2 amide bonds. The second kappa shape index (κ2) is 10.2. The van der Waals surface area contributed by atoms with Crippen LogP contribution in [0.2, 0.25) is 0 Å². The van der Waals surface area contributed by atoms with Gasteiger partial charge in [0.1, 0.15) is 0 Å². The maximum atomic E-state index is 12.3. The van der Waals surface area contributed by atoms with Crippen molar-refractivity contribution < 1.29 is 9.59 Å². The van der Waals surface area contributed by atoms with Gasteiger partial charge in [-0.2, -0.15) is 0 Å². The third-order valence-corrected chi connectivity index (χ3v) is 5.75. The highest BCUT2D eigenvalue weighted by atomic mass is 32.1. The molecule has 0 bridgehead atoms. The zero-order valence-electron chi connectivity index (χ0n) is 15.6. The van der Waals surface area contributed by atoms with E-state index in [2.05, 4.69) is 27.7 Å². The third-order valence-electron chi connectivity index (χ3n) is 4.82. The van der Waals surface area contributed by atoms with Crippen molar-refractivity contribution in [2.45, 2.75) is 25.8 Å². The minimum atomic E-state index is 0.0366. The summed E-state index contributed by atoms with van der Waals surface area (Å²) in [6.45, 7) is 3.90. The molecule has 0 spiro atoms. The Morgan fingerprint density at radius 1 is 1.00 bits per heavy atom. The molecule has 0 unspecified atom stereocenters. The van der Waals surface area contributed by atoms with Crippen molar-refractivity contribution in [3.63, 3.8) is 0 Å². The number of carbonyl (C=O) groups excluding carboxylic acids is 2. The molecule has 1 aromatic carbocycles. The standard InChI is InChI=1S/C21H27N3O2S/c25-20(22-16-18-6-2-1-3-7-18)17-23-11-13-24(14-12-23)21(26)10-4-8-19-9-5-15-27-19/h1-3,5-7,9,15H,4,8,10-14,16-17H2,(H,22,25). The number of piperazine rings is 1. The van der Waals surface area contributed by atoms with Gasteiger partial charge in [-0.25, -0.2) is 0 Å². The largest absolute Gasteiger partial charge is 0.351 e. The lowest BCUT2D eigenvalue weighted by atomic mass is 10.2. The Kier molecular flexibility index (Phi) is 7.42. The molecule has 1 fully saturated rings. The lowest BCUT2D eigenvalue weighted by Gasteiger charge is -2.34. The number of nitrogens with one attached hydrogen (secondary N) is 1. The second-order valence-corrected chi connectivity index (χ2v) is 7.88. The summed E-state index contributed by atoms with van der Waals surface area (Å²) in [4.78, 5) is 29.9. The molecule has 2 aromatic rings. The first-order valence-corrected chi connectivity index (χ1v) is 10.4. The Morgan fingerprint density at radius 2 is 1.78 bits per heavy atom. The van der Waals surface area contributed by atoms with E-state index in [1.54, 1.807) is 11.3 Å². The number of hydrogen-bond donors (Lipinski definition) is 1. The van der Waals surface area contributed by atoms with Crippen LogP contribution in [0.5, 0.6) is 0 Å². The van der Waals surface area contributed by atoms with Gasteiger partial charge in [0.25, 0.3) is 0 Å². The summed E-state index contributed by atoms with van der Waals surface area (Å²) in [6.07, 6.45) is 2.49. The summed E-state index contributed by atoms with van der Waals surface area (Å²) in [7, 11) is 0. The summed E-state index contributed by atoms with van der Waals surface area (Å²) in [5.41, 5.74) is 1.10. The topological polar surface area (TPSA) is 52.7 Å². The first-order chi connectivity index (χ1) is 13.2. The number of thiophene rings is 1. The Bertz CT molecular complexity index is 710. The summed E-state index contributed by atoms with van der Waals surface area (Å²) < 4.78 is 0. The van der Waals surface area contributed by atoms with Crippen LogP contribution >= 0.6 is 11.3 Å². The molecule has 0 saturated carbocycles. The van der Waals surface area contributed by atoms with Crippen LogP contribution in [-0.2, 0) is 22.6 Å². The number of hydrogen-bond acceptors (Lipinski definition) is 4. The number of nitrogens with zero attached hydrogens (tertiary/aromatic N) is 2. The van der Waals surface area contributed by atoms with Gasteiger partial charge in [-0.15, -0.1) is 11.3 Å². The van der Waals surface area contributed by atoms with Gasteiger partial charge in [0.15, 0.2) is 0 Å². The first kappa shape index (κ1) is 19.6. The normalized spacial score (nSPS) is 14.9. The highest BCUT2D eigenvalue weighted by Crippen LogP contribution is 2.13. The number of carbonyl (C=O) groups is 2. The van der Waals surface area contributed by atoms with E-state index >= 15 is 0 Å². The van der Waals surface area contributed by atoms with Crippen molar-refractivity contribution in [2.75, 3.05) is 32.7 Å². The van der Waals surface area contributed by atoms with Gasteiger partial charge in [0, 0.05) is 44.0 Å². The molecule has 1 aliphatic rings. The number of benzene rings is 1. The monoisotopic (exact) mass is 385 g/mol. The average molecular weight is 386 g/mol. The summed E-state index contributed by atoms with van der Waals surface area (Å²) >= 11 is 1.75. The Labute approximate surface area is 165 Å². The van der Waals surface area contributed by atoms with Crippen LogP contribution in [0.25, 0.3) is 0 Å². The predicted molar refractivity (Wildman–Crippen MR) is 109 cm³/mol. The molecule has 2 heterocycles. The molecule has 1 saturated heterocycles. The van der Waals surface area contributed by atoms with Gasteiger partial charge >= 0.3 is 0 Å². The van der Waals surface area contributed by atoms with Crippen LogP contribution in [0, 0.1) is 0 Å². The zero-order chi connectivity index (χ0) is 18.9. The van der Waals surface area contributed by atoms with Crippen LogP contribution in [-0.4, -0.2) is 54.3 Å². The van der Waals surface area contributed by atoms with Gasteiger partial charge in [0.2, 0.25) is 11.8 Å². The maximum absolute atomic E-state index is 12.3. The van der Waals surface area contributed by atoms with Crippen LogP contribution in [0.1, 0.15) is 23.3 Å². The summed E-state index contributed by atoms with van der Waals surface area (Å²) in [5.74, 6) is 0.273. The summed E-state index contributed by atoms with van der Waals surface area (Å²) in [6, 6.07) is 14.1. The summed E-state index contributed by atoms with van der Waals surface area (Å²) in [5, 5.41) is 5.04. The van der Waals surface area contributed by atoms with E-state index in [1.165, 1.54) is 4.88 Å². The molecule has 0 radical (unpaired) electrons. The molecule has 6 heteroatoms. The fraction of sp³-hybridized carbons (Fsp3) is 0.429. The van der Waals surface area contributed by atoms with E-state index in [4.69, 9.17) is 0 Å². The molecule has 144 valence electrons. The van der Waals surface area contributed by atoms with Crippen molar-refractivity contribution in [3.05, 3.63) is 58.3 Å². The highest BCUT2D eigenvalue weighted by molar-refractivity contribution is 7.09. The minimum Gasteiger partial charge on any atom is -0.351 e. The number of rotatable bonds is 8. The van der Waals surface area contributed by atoms with Gasteiger partial charge in [-0.3, -0.25) is 14.5 Å². The average Bonchev–Trinajstić information content (AvgIpc) is 3.21. The van der Waals surface area contributed by atoms with Gasteiger partial charge < -0.3 is 10.2 Å². The van der Waals surface area contributed by atoms with Crippen molar-refractivity contribution in [1.29, 1.82) is 0 Å². The zero-order valence-corrected chi connectivity index (χ0v) is 16.4. The molecule has 27 heavy (non-hydrogen) atoms. The van der Waals surface area contributed by atoms with Crippen molar-refractivity contribution in [2.24, 2.45) is 0 Å². The molecule has 3 rings (SSSR count). The highest BCUT2D eigenvalue weighted by Gasteiger charge is 2.22. The Morgan fingerprint density at radius 3 is 2.48 bits per heavy atom. The SMILES string of the molecule is O=C(CN1CCN(C(=O)CCCc2cccs2)CC1)NCc1ccccc1. The lowest BCUT2D eigenvalue weighted by Crippen LogP contribution is -2.51. The molecular weight excluding hydrogens is 358 g/mol. The van der Waals surface area contributed by atoms with Crippen molar-refractivity contribution in [3.8, 4) is 0 Å². The van der Waals surface area contributed by atoms with E-state index in [0.717, 1.165) is 31.5 Å². The molecule has 1 N–H and O–H groups in total. The van der Waals surface area contributed by atoms with Crippen LogP contribution in [0.15, 0.2) is 47.8 Å². The Balaban J connectivity index is 1.31. The molecule has 5 nitrogen and oxygen atoms in total. The van der Waals surface area contributed by atoms with Gasteiger partial charge in [-0.1, -0.05) is 36.4 Å². The van der Waals surface area contributed by atoms with E-state index in [-0.39, 0.29) is 11.8 Å². The second-order valence-electron chi connectivity index (χ2n) is 6.85. The molecule has 0 aliphatic carbocycles. The van der Waals surface area contributed by atoms with E-state index < -0.39 is 0 Å². The maximum Gasteiger partial charge on any atom is 0.234 e. The smallest absolute Gasteiger partial charge is 0.234 e.